The number of carboxylic acid groups (broad SMARTS) is 1. The lowest BCUT2D eigenvalue weighted by molar-refractivity contribution is -0.146. The Balaban J connectivity index is 4.58. The van der Waals surface area contributed by atoms with Gasteiger partial charge in [0.2, 0.25) is 11.8 Å². The molecule has 6 heteroatoms. The number of aliphatic carboxylic acids is 1. The fourth-order valence-corrected chi connectivity index (χ4v) is 3.68. The van der Waals surface area contributed by atoms with Crippen LogP contribution in [0.25, 0.3) is 0 Å². The SMILES string of the molecule is CCCCCCCCCCCC(=O)N[C@@H](CC(=O)O)C(=O)N(C(C)CC)C(C)CC. The molecule has 0 aromatic carbocycles. The molecule has 3 atom stereocenters. The van der Waals surface area contributed by atoms with E-state index in [0.29, 0.717) is 6.42 Å². The first-order valence-corrected chi connectivity index (χ1v) is 12.1. The van der Waals surface area contributed by atoms with Crippen LogP contribution in [0, 0.1) is 0 Å². The molecule has 0 aliphatic carbocycles. The summed E-state index contributed by atoms with van der Waals surface area (Å²) >= 11 is 0. The molecule has 0 saturated carbocycles. The van der Waals surface area contributed by atoms with E-state index in [1.54, 1.807) is 4.90 Å². The molecule has 0 aliphatic rings. The van der Waals surface area contributed by atoms with Gasteiger partial charge in [-0.05, 0) is 33.1 Å². The molecule has 6 nitrogen and oxygen atoms in total. The molecule has 0 aromatic heterocycles. The highest BCUT2D eigenvalue weighted by atomic mass is 16.4. The van der Waals surface area contributed by atoms with Crippen LogP contribution in [0.15, 0.2) is 0 Å². The molecule has 0 heterocycles. The summed E-state index contributed by atoms with van der Waals surface area (Å²) in [5, 5.41) is 11.9. The van der Waals surface area contributed by atoms with Crippen molar-refractivity contribution in [2.45, 2.75) is 136 Å². The van der Waals surface area contributed by atoms with Gasteiger partial charge in [0.05, 0.1) is 6.42 Å². The number of amides is 2. The summed E-state index contributed by atoms with van der Waals surface area (Å²) in [6, 6.07) is -1.01. The third-order valence-corrected chi connectivity index (χ3v) is 5.91. The maximum Gasteiger partial charge on any atom is 0.305 e. The van der Waals surface area contributed by atoms with E-state index in [9.17, 15) is 19.5 Å². The van der Waals surface area contributed by atoms with Crippen molar-refractivity contribution in [3.63, 3.8) is 0 Å². The van der Waals surface area contributed by atoms with Crippen molar-refractivity contribution in [3.05, 3.63) is 0 Å². The molecule has 0 rings (SSSR count). The molecule has 0 saturated heterocycles. The first-order chi connectivity index (χ1) is 14.3. The van der Waals surface area contributed by atoms with Crippen LogP contribution in [0.2, 0.25) is 0 Å². The zero-order valence-corrected chi connectivity index (χ0v) is 20.0. The first kappa shape index (κ1) is 28.4. The third-order valence-electron chi connectivity index (χ3n) is 5.91. The third kappa shape index (κ3) is 12.2. The standard InChI is InChI=1S/C24H46N2O4/c1-6-9-10-11-12-13-14-15-16-17-22(27)25-21(18-23(28)29)24(30)26(19(4)7-2)20(5)8-3/h19-21H,6-18H2,1-5H3,(H,25,27)(H,28,29)/t19?,20?,21-/m0/s1. The van der Waals surface area contributed by atoms with Gasteiger partial charge in [-0.1, -0.05) is 72.1 Å². The maximum atomic E-state index is 13.1. The van der Waals surface area contributed by atoms with Gasteiger partial charge in [0, 0.05) is 18.5 Å². The van der Waals surface area contributed by atoms with Gasteiger partial charge in [-0.2, -0.15) is 0 Å². The van der Waals surface area contributed by atoms with Crippen LogP contribution in [0.4, 0.5) is 0 Å². The van der Waals surface area contributed by atoms with Gasteiger partial charge >= 0.3 is 5.97 Å². The maximum absolute atomic E-state index is 13.1. The lowest BCUT2D eigenvalue weighted by Gasteiger charge is -2.36. The molecular formula is C24H46N2O4. The Morgan fingerprint density at radius 2 is 1.27 bits per heavy atom. The molecule has 176 valence electrons. The molecule has 2 N–H and O–H groups in total. The minimum atomic E-state index is -1.08. The van der Waals surface area contributed by atoms with Gasteiger partial charge < -0.3 is 15.3 Å². The fraction of sp³-hybridized carbons (Fsp3) is 0.875. The molecule has 0 aromatic rings. The van der Waals surface area contributed by atoms with Crippen molar-refractivity contribution in [1.29, 1.82) is 0 Å². The predicted molar refractivity (Wildman–Crippen MR) is 122 cm³/mol. The van der Waals surface area contributed by atoms with Crippen molar-refractivity contribution in [3.8, 4) is 0 Å². The largest absolute Gasteiger partial charge is 0.481 e. The second kappa shape index (κ2) is 17.1. The number of carbonyl (C=O) groups is 3. The summed E-state index contributed by atoms with van der Waals surface area (Å²) in [6.07, 6.45) is 12.0. The van der Waals surface area contributed by atoms with Crippen molar-refractivity contribution in [2.75, 3.05) is 0 Å². The summed E-state index contributed by atoms with van der Waals surface area (Å²) in [6.45, 7) is 10.1. The molecule has 0 fully saturated rings. The second-order valence-electron chi connectivity index (χ2n) is 8.56. The lowest BCUT2D eigenvalue weighted by atomic mass is 10.0. The van der Waals surface area contributed by atoms with E-state index < -0.39 is 12.0 Å². The number of carbonyl (C=O) groups excluding carboxylic acids is 2. The Bertz CT molecular complexity index is 486. The van der Waals surface area contributed by atoms with Crippen LogP contribution < -0.4 is 5.32 Å². The first-order valence-electron chi connectivity index (χ1n) is 12.1. The van der Waals surface area contributed by atoms with Crippen LogP contribution in [-0.4, -0.2) is 45.9 Å². The zero-order chi connectivity index (χ0) is 22.9. The molecule has 2 amide bonds. The van der Waals surface area contributed by atoms with E-state index in [1.165, 1.54) is 38.5 Å². The normalized spacial score (nSPS) is 14.0. The molecule has 2 unspecified atom stereocenters. The van der Waals surface area contributed by atoms with E-state index in [1.807, 2.05) is 27.7 Å². The van der Waals surface area contributed by atoms with E-state index in [-0.39, 0.29) is 30.3 Å². The highest BCUT2D eigenvalue weighted by Crippen LogP contribution is 2.15. The van der Waals surface area contributed by atoms with E-state index in [2.05, 4.69) is 12.2 Å². The predicted octanol–water partition coefficient (Wildman–Crippen LogP) is 5.29. The van der Waals surface area contributed by atoms with Crippen LogP contribution in [0.1, 0.15) is 118 Å². The number of unbranched alkanes of at least 4 members (excludes halogenated alkanes) is 8. The molecule has 0 aliphatic heterocycles. The van der Waals surface area contributed by atoms with Crippen LogP contribution in [0.5, 0.6) is 0 Å². The molecular weight excluding hydrogens is 380 g/mol. The van der Waals surface area contributed by atoms with E-state index in [0.717, 1.165) is 32.1 Å². The van der Waals surface area contributed by atoms with Gasteiger partial charge in [-0.3, -0.25) is 14.4 Å². The van der Waals surface area contributed by atoms with Gasteiger partial charge in [0.25, 0.3) is 0 Å². The zero-order valence-electron chi connectivity index (χ0n) is 20.0. The lowest BCUT2D eigenvalue weighted by Crippen LogP contribution is -2.54. The number of carboxylic acids is 1. The summed E-state index contributed by atoms with van der Waals surface area (Å²) in [5.74, 6) is -1.60. The van der Waals surface area contributed by atoms with Gasteiger partial charge in [0.15, 0.2) is 0 Å². The summed E-state index contributed by atoms with van der Waals surface area (Å²) in [7, 11) is 0. The Morgan fingerprint density at radius 1 is 0.800 bits per heavy atom. The monoisotopic (exact) mass is 426 g/mol. The number of hydrogen-bond acceptors (Lipinski definition) is 3. The van der Waals surface area contributed by atoms with Crippen molar-refractivity contribution < 1.29 is 19.5 Å². The van der Waals surface area contributed by atoms with E-state index >= 15 is 0 Å². The summed E-state index contributed by atoms with van der Waals surface area (Å²) in [4.78, 5) is 38.5. The summed E-state index contributed by atoms with van der Waals surface area (Å²) in [5.41, 5.74) is 0. The molecule has 30 heavy (non-hydrogen) atoms. The number of nitrogens with zero attached hydrogens (tertiary/aromatic N) is 1. The summed E-state index contributed by atoms with van der Waals surface area (Å²) < 4.78 is 0. The van der Waals surface area contributed by atoms with Gasteiger partial charge in [-0.15, -0.1) is 0 Å². The molecule has 0 radical (unpaired) electrons. The number of hydrogen-bond donors (Lipinski definition) is 2. The molecule has 0 spiro atoms. The van der Waals surface area contributed by atoms with Crippen molar-refractivity contribution in [1.82, 2.24) is 10.2 Å². The molecule has 0 bridgehead atoms. The topological polar surface area (TPSA) is 86.7 Å². The Hall–Kier alpha value is -1.59. The number of nitrogens with one attached hydrogen (secondary N) is 1. The van der Waals surface area contributed by atoms with Crippen LogP contribution in [0.3, 0.4) is 0 Å². The van der Waals surface area contributed by atoms with Crippen molar-refractivity contribution >= 4 is 17.8 Å². The van der Waals surface area contributed by atoms with Crippen LogP contribution in [-0.2, 0) is 14.4 Å². The quantitative estimate of drug-likeness (QED) is 0.291. The Morgan fingerprint density at radius 3 is 1.70 bits per heavy atom. The van der Waals surface area contributed by atoms with E-state index in [4.69, 9.17) is 0 Å². The highest BCUT2D eigenvalue weighted by Gasteiger charge is 2.32. The fourth-order valence-electron chi connectivity index (χ4n) is 3.68. The minimum Gasteiger partial charge on any atom is -0.481 e. The van der Waals surface area contributed by atoms with Gasteiger partial charge in [-0.25, -0.2) is 0 Å². The Kier molecular flexibility index (Phi) is 16.2. The van der Waals surface area contributed by atoms with Crippen molar-refractivity contribution in [2.24, 2.45) is 0 Å². The smallest absolute Gasteiger partial charge is 0.305 e. The van der Waals surface area contributed by atoms with Crippen LogP contribution >= 0.6 is 0 Å². The number of rotatable bonds is 18. The second-order valence-corrected chi connectivity index (χ2v) is 8.56. The Labute approximate surface area is 184 Å². The average molecular weight is 427 g/mol. The minimum absolute atomic E-state index is 0.00188. The van der Waals surface area contributed by atoms with Gasteiger partial charge in [0.1, 0.15) is 6.04 Å². The average Bonchev–Trinajstić information content (AvgIpc) is 2.71. The highest BCUT2D eigenvalue weighted by molar-refractivity contribution is 5.91.